The molecule has 0 amide bonds. The number of fused-ring (bicyclic) bond motifs is 1. The summed E-state index contributed by atoms with van der Waals surface area (Å²) < 4.78 is 8.78. The van der Waals surface area contributed by atoms with Gasteiger partial charge in [-0.15, -0.1) is 24.0 Å². The minimum atomic E-state index is 0.676. The highest BCUT2D eigenvalue weighted by Gasteiger charge is 2.10. The van der Waals surface area contributed by atoms with Crippen LogP contribution in [0.2, 0.25) is 0 Å². The van der Waals surface area contributed by atoms with E-state index in [1.165, 1.54) is 4.70 Å². The van der Waals surface area contributed by atoms with E-state index in [4.69, 9.17) is 4.74 Å². The number of rotatable bonds is 2. The summed E-state index contributed by atoms with van der Waals surface area (Å²) in [5.41, 5.74) is 0. The molecular formula is C10H9BrOS2. The van der Waals surface area contributed by atoms with Gasteiger partial charge in [-0.3, -0.25) is 0 Å². The molecule has 2 aromatic rings. The van der Waals surface area contributed by atoms with E-state index < -0.39 is 0 Å². The second kappa shape index (κ2) is 4.13. The summed E-state index contributed by atoms with van der Waals surface area (Å²) in [6.07, 6.45) is 0. The second-order valence-corrected chi connectivity index (χ2v) is 5.53. The Bertz CT molecular complexity index is 464. The van der Waals surface area contributed by atoms with Crippen molar-refractivity contribution in [3.05, 3.63) is 22.7 Å². The predicted molar refractivity (Wildman–Crippen MR) is 67.9 cm³/mol. The molecule has 0 saturated heterocycles. The first-order valence-corrected chi connectivity index (χ1v) is 6.32. The third-order valence-electron chi connectivity index (χ3n) is 1.88. The highest BCUT2D eigenvalue weighted by atomic mass is 79.9. The lowest BCUT2D eigenvalue weighted by Gasteiger charge is -2.01. The van der Waals surface area contributed by atoms with Crippen molar-refractivity contribution in [2.75, 3.05) is 6.61 Å². The van der Waals surface area contributed by atoms with Crippen molar-refractivity contribution < 1.29 is 4.74 Å². The van der Waals surface area contributed by atoms with Crippen LogP contribution < -0.4 is 4.74 Å². The average molecular weight is 289 g/mol. The molecule has 1 heterocycles. The van der Waals surface area contributed by atoms with E-state index in [0.717, 1.165) is 19.8 Å². The van der Waals surface area contributed by atoms with E-state index in [-0.39, 0.29) is 0 Å². The Morgan fingerprint density at radius 2 is 2.29 bits per heavy atom. The minimum Gasteiger partial charge on any atom is -0.491 e. The number of ether oxygens (including phenoxy) is 1. The molecule has 1 nitrogen and oxygen atoms in total. The molecule has 14 heavy (non-hydrogen) atoms. The SMILES string of the molecule is CCOc1c(S)sc2cc(Br)ccc12. The van der Waals surface area contributed by atoms with E-state index in [2.05, 4.69) is 40.7 Å². The van der Waals surface area contributed by atoms with Crippen LogP contribution in [-0.4, -0.2) is 6.61 Å². The molecule has 0 aliphatic rings. The first-order valence-electron chi connectivity index (χ1n) is 4.26. The van der Waals surface area contributed by atoms with Crippen molar-refractivity contribution in [1.82, 2.24) is 0 Å². The van der Waals surface area contributed by atoms with E-state index in [0.29, 0.717) is 6.61 Å². The Balaban J connectivity index is 2.64. The van der Waals surface area contributed by atoms with Crippen molar-refractivity contribution in [3.63, 3.8) is 0 Å². The maximum atomic E-state index is 5.55. The van der Waals surface area contributed by atoms with Gasteiger partial charge >= 0.3 is 0 Å². The fourth-order valence-electron chi connectivity index (χ4n) is 1.32. The van der Waals surface area contributed by atoms with Crippen LogP contribution in [0.15, 0.2) is 26.9 Å². The van der Waals surface area contributed by atoms with Crippen LogP contribution in [0.3, 0.4) is 0 Å². The third kappa shape index (κ3) is 1.78. The van der Waals surface area contributed by atoms with Gasteiger partial charge in [0.2, 0.25) is 0 Å². The summed E-state index contributed by atoms with van der Waals surface area (Å²) in [6.45, 7) is 2.66. The zero-order valence-electron chi connectivity index (χ0n) is 7.58. The van der Waals surface area contributed by atoms with Crippen molar-refractivity contribution in [2.24, 2.45) is 0 Å². The van der Waals surface area contributed by atoms with Gasteiger partial charge in [0, 0.05) is 14.6 Å². The largest absolute Gasteiger partial charge is 0.491 e. The first-order chi connectivity index (χ1) is 6.72. The molecule has 4 heteroatoms. The molecule has 0 fully saturated rings. The molecular weight excluding hydrogens is 280 g/mol. The van der Waals surface area contributed by atoms with E-state index in [9.17, 15) is 0 Å². The molecule has 0 N–H and O–H groups in total. The van der Waals surface area contributed by atoms with Crippen LogP contribution in [0.4, 0.5) is 0 Å². The smallest absolute Gasteiger partial charge is 0.151 e. The molecule has 0 aliphatic heterocycles. The molecule has 1 aromatic heterocycles. The lowest BCUT2D eigenvalue weighted by Crippen LogP contribution is -1.90. The molecule has 0 unspecified atom stereocenters. The molecule has 0 saturated carbocycles. The van der Waals surface area contributed by atoms with E-state index in [1.54, 1.807) is 11.3 Å². The lowest BCUT2D eigenvalue weighted by atomic mass is 10.2. The Kier molecular flexibility index (Phi) is 3.04. The molecule has 0 aliphatic carbocycles. The number of thiophene rings is 1. The Morgan fingerprint density at radius 3 is 3.00 bits per heavy atom. The standard InChI is InChI=1S/C10H9BrOS2/c1-2-12-9-7-4-3-6(11)5-8(7)14-10(9)13/h3-5,13H,2H2,1H3. The van der Waals surface area contributed by atoms with Crippen LogP contribution in [0.5, 0.6) is 5.75 Å². The molecule has 1 aromatic carbocycles. The molecule has 0 radical (unpaired) electrons. The van der Waals surface area contributed by atoms with Crippen LogP contribution in [0.25, 0.3) is 10.1 Å². The average Bonchev–Trinajstić information content (AvgIpc) is 2.43. The summed E-state index contributed by atoms with van der Waals surface area (Å²) in [4.78, 5) is 0. The maximum Gasteiger partial charge on any atom is 0.151 e. The molecule has 74 valence electrons. The molecule has 2 rings (SSSR count). The monoisotopic (exact) mass is 288 g/mol. The molecule has 0 bridgehead atoms. The highest BCUT2D eigenvalue weighted by molar-refractivity contribution is 9.10. The van der Waals surface area contributed by atoms with Gasteiger partial charge in [-0.2, -0.15) is 0 Å². The van der Waals surface area contributed by atoms with Crippen molar-refractivity contribution in [2.45, 2.75) is 11.1 Å². The predicted octanol–water partition coefficient (Wildman–Crippen LogP) is 4.35. The number of benzene rings is 1. The van der Waals surface area contributed by atoms with Crippen LogP contribution in [0, 0.1) is 0 Å². The number of halogens is 1. The minimum absolute atomic E-state index is 0.676. The number of hydrogen-bond donors (Lipinski definition) is 1. The van der Waals surface area contributed by atoms with Crippen LogP contribution >= 0.6 is 39.9 Å². The third-order valence-corrected chi connectivity index (χ3v) is 3.78. The first kappa shape index (κ1) is 10.3. The zero-order chi connectivity index (χ0) is 10.1. The fourth-order valence-corrected chi connectivity index (χ4v) is 3.24. The van der Waals surface area contributed by atoms with E-state index >= 15 is 0 Å². The summed E-state index contributed by atoms with van der Waals surface area (Å²) in [7, 11) is 0. The van der Waals surface area contributed by atoms with Gasteiger partial charge in [0.05, 0.1) is 6.61 Å². The number of thiol groups is 1. The van der Waals surface area contributed by atoms with Crippen molar-refractivity contribution >= 4 is 50.0 Å². The lowest BCUT2D eigenvalue weighted by molar-refractivity contribution is 0.339. The topological polar surface area (TPSA) is 9.23 Å². The quantitative estimate of drug-likeness (QED) is 0.809. The van der Waals surface area contributed by atoms with Gasteiger partial charge in [0.1, 0.15) is 4.21 Å². The fraction of sp³-hybridized carbons (Fsp3) is 0.200. The normalized spacial score (nSPS) is 10.8. The maximum absolute atomic E-state index is 5.55. The van der Waals surface area contributed by atoms with Crippen molar-refractivity contribution in [3.8, 4) is 5.75 Å². The van der Waals surface area contributed by atoms with Gasteiger partial charge in [-0.05, 0) is 25.1 Å². The van der Waals surface area contributed by atoms with Gasteiger partial charge in [-0.1, -0.05) is 15.9 Å². The van der Waals surface area contributed by atoms with Crippen LogP contribution in [0.1, 0.15) is 6.92 Å². The zero-order valence-corrected chi connectivity index (χ0v) is 10.9. The summed E-state index contributed by atoms with van der Waals surface area (Å²) in [5, 5.41) is 1.14. The Labute approximate surface area is 101 Å². The summed E-state index contributed by atoms with van der Waals surface area (Å²) >= 11 is 9.49. The Hall–Kier alpha value is -0.190. The second-order valence-electron chi connectivity index (χ2n) is 2.81. The van der Waals surface area contributed by atoms with E-state index in [1.807, 2.05) is 13.0 Å². The van der Waals surface area contributed by atoms with Gasteiger partial charge in [0.25, 0.3) is 0 Å². The van der Waals surface area contributed by atoms with Gasteiger partial charge in [0.15, 0.2) is 5.75 Å². The van der Waals surface area contributed by atoms with Gasteiger partial charge in [-0.25, -0.2) is 0 Å². The van der Waals surface area contributed by atoms with Crippen molar-refractivity contribution in [1.29, 1.82) is 0 Å². The summed E-state index contributed by atoms with van der Waals surface area (Å²) in [5.74, 6) is 0.906. The highest BCUT2D eigenvalue weighted by Crippen LogP contribution is 2.41. The molecule has 0 atom stereocenters. The number of hydrogen-bond acceptors (Lipinski definition) is 3. The summed E-state index contributed by atoms with van der Waals surface area (Å²) in [6, 6.07) is 6.16. The van der Waals surface area contributed by atoms with Crippen LogP contribution in [-0.2, 0) is 0 Å². The Morgan fingerprint density at radius 1 is 1.50 bits per heavy atom. The van der Waals surface area contributed by atoms with Gasteiger partial charge < -0.3 is 4.74 Å². The molecule has 0 spiro atoms.